The maximum atomic E-state index is 11.2. The zero-order chi connectivity index (χ0) is 15.4. The van der Waals surface area contributed by atoms with Gasteiger partial charge in [-0.15, -0.1) is 0 Å². The van der Waals surface area contributed by atoms with Gasteiger partial charge in [0.2, 0.25) is 0 Å². The Morgan fingerprint density at radius 2 is 2.00 bits per heavy atom. The summed E-state index contributed by atoms with van der Waals surface area (Å²) in [5, 5.41) is 20.3. The van der Waals surface area contributed by atoms with Crippen LogP contribution < -0.4 is 4.90 Å². The van der Waals surface area contributed by atoms with Crippen molar-refractivity contribution in [2.45, 2.75) is 13.2 Å². The van der Waals surface area contributed by atoms with Crippen molar-refractivity contribution < 1.29 is 10.0 Å². The van der Waals surface area contributed by atoms with Gasteiger partial charge in [-0.25, -0.2) is 0 Å². The number of benzene rings is 2. The van der Waals surface area contributed by atoms with Crippen molar-refractivity contribution in [1.29, 1.82) is 0 Å². The molecule has 0 saturated carbocycles. The average molecular weight is 351 g/mol. The number of aliphatic hydroxyl groups is 1. The van der Waals surface area contributed by atoms with Gasteiger partial charge in [0, 0.05) is 24.1 Å². The zero-order valence-corrected chi connectivity index (χ0v) is 13.1. The molecule has 5 nitrogen and oxygen atoms in total. The predicted octanol–water partition coefficient (Wildman–Crippen LogP) is 3.49. The van der Waals surface area contributed by atoms with Crippen molar-refractivity contribution in [3.05, 3.63) is 68.2 Å². The van der Waals surface area contributed by atoms with Gasteiger partial charge in [-0.3, -0.25) is 10.1 Å². The number of halogens is 1. The summed E-state index contributed by atoms with van der Waals surface area (Å²) in [5.41, 5.74) is 2.09. The summed E-state index contributed by atoms with van der Waals surface area (Å²) in [6.07, 6.45) is 0. The maximum Gasteiger partial charge on any atom is 0.292 e. The van der Waals surface area contributed by atoms with E-state index in [-0.39, 0.29) is 12.3 Å². The molecule has 0 heterocycles. The van der Waals surface area contributed by atoms with Crippen LogP contribution in [0.2, 0.25) is 0 Å². The van der Waals surface area contributed by atoms with E-state index in [1.807, 2.05) is 29.2 Å². The first-order valence-corrected chi connectivity index (χ1v) is 7.15. The summed E-state index contributed by atoms with van der Waals surface area (Å²) in [5.74, 6) is 0. The van der Waals surface area contributed by atoms with Crippen LogP contribution >= 0.6 is 15.9 Å². The van der Waals surface area contributed by atoms with E-state index in [4.69, 9.17) is 5.11 Å². The molecule has 0 aromatic heterocycles. The number of aliphatic hydroxyl groups excluding tert-OH is 1. The molecule has 2 aromatic carbocycles. The molecule has 0 atom stereocenters. The van der Waals surface area contributed by atoms with Crippen molar-refractivity contribution in [3.8, 4) is 0 Å². The Morgan fingerprint density at radius 1 is 1.29 bits per heavy atom. The molecule has 0 fully saturated rings. The van der Waals surface area contributed by atoms with E-state index >= 15 is 0 Å². The molecule has 0 spiro atoms. The highest BCUT2D eigenvalue weighted by Crippen LogP contribution is 2.30. The second kappa shape index (κ2) is 6.69. The predicted molar refractivity (Wildman–Crippen MR) is 85.3 cm³/mol. The van der Waals surface area contributed by atoms with Gasteiger partial charge in [-0.2, -0.15) is 0 Å². The zero-order valence-electron chi connectivity index (χ0n) is 11.5. The summed E-state index contributed by atoms with van der Waals surface area (Å²) in [6.45, 7) is 0.329. The third-order valence-corrected chi connectivity index (χ3v) is 3.97. The summed E-state index contributed by atoms with van der Waals surface area (Å²) in [6, 6.07) is 12.5. The molecule has 0 amide bonds. The monoisotopic (exact) mass is 350 g/mol. The van der Waals surface area contributed by atoms with Crippen LogP contribution in [0.4, 0.5) is 11.4 Å². The molecule has 0 bridgehead atoms. The van der Waals surface area contributed by atoms with Gasteiger partial charge in [0.25, 0.3) is 5.69 Å². The van der Waals surface area contributed by atoms with E-state index in [2.05, 4.69) is 15.9 Å². The number of nitro groups is 1. The molecular weight excluding hydrogens is 336 g/mol. The number of hydrogen-bond acceptors (Lipinski definition) is 4. The number of nitrogens with zero attached hydrogens (tertiary/aromatic N) is 2. The minimum absolute atomic E-state index is 0.00361. The van der Waals surface area contributed by atoms with Crippen molar-refractivity contribution in [2.24, 2.45) is 0 Å². The molecular formula is C15H15BrN2O3. The summed E-state index contributed by atoms with van der Waals surface area (Å²) >= 11 is 3.47. The first kappa shape index (κ1) is 15.5. The molecule has 0 saturated heterocycles. The Kier molecular flexibility index (Phi) is 4.93. The molecule has 0 radical (unpaired) electrons. The standard InChI is InChI=1S/C15H15BrN2O3/c1-17(9-12-4-2-3-5-13(12)16)14-7-6-11(10-19)8-15(14)18(20)21/h2-8,19H,9-10H2,1H3. The van der Waals surface area contributed by atoms with Crippen LogP contribution in [0.5, 0.6) is 0 Å². The van der Waals surface area contributed by atoms with Crippen molar-refractivity contribution >= 4 is 27.3 Å². The maximum absolute atomic E-state index is 11.2. The quantitative estimate of drug-likeness (QED) is 0.662. The van der Waals surface area contributed by atoms with E-state index in [1.54, 1.807) is 19.2 Å². The fourth-order valence-electron chi connectivity index (χ4n) is 2.10. The van der Waals surface area contributed by atoms with Crippen LogP contribution in [0.1, 0.15) is 11.1 Å². The molecule has 2 rings (SSSR count). The van der Waals surface area contributed by atoms with Gasteiger partial charge in [-0.1, -0.05) is 40.2 Å². The second-order valence-corrected chi connectivity index (χ2v) is 5.54. The highest BCUT2D eigenvalue weighted by Gasteiger charge is 2.18. The molecule has 6 heteroatoms. The lowest BCUT2D eigenvalue weighted by Crippen LogP contribution is -2.18. The van der Waals surface area contributed by atoms with Gasteiger partial charge >= 0.3 is 0 Å². The van der Waals surface area contributed by atoms with Crippen LogP contribution in [-0.4, -0.2) is 17.1 Å². The Morgan fingerprint density at radius 3 is 2.62 bits per heavy atom. The van der Waals surface area contributed by atoms with E-state index in [9.17, 15) is 10.1 Å². The van der Waals surface area contributed by atoms with E-state index in [0.29, 0.717) is 17.8 Å². The fourth-order valence-corrected chi connectivity index (χ4v) is 2.51. The normalized spacial score (nSPS) is 10.4. The van der Waals surface area contributed by atoms with Gasteiger partial charge in [-0.05, 0) is 23.3 Å². The van der Waals surface area contributed by atoms with Crippen LogP contribution in [0.3, 0.4) is 0 Å². The summed E-state index contributed by atoms with van der Waals surface area (Å²) in [4.78, 5) is 12.6. The number of nitro benzene ring substituents is 1. The lowest BCUT2D eigenvalue weighted by Gasteiger charge is -2.20. The molecule has 0 aliphatic carbocycles. The van der Waals surface area contributed by atoms with Gasteiger partial charge < -0.3 is 10.0 Å². The molecule has 0 unspecified atom stereocenters. The van der Waals surface area contributed by atoms with Crippen molar-refractivity contribution in [1.82, 2.24) is 0 Å². The lowest BCUT2D eigenvalue weighted by molar-refractivity contribution is -0.384. The average Bonchev–Trinajstić information content (AvgIpc) is 2.48. The SMILES string of the molecule is CN(Cc1ccccc1Br)c1ccc(CO)cc1[N+](=O)[O-]. The highest BCUT2D eigenvalue weighted by molar-refractivity contribution is 9.10. The Hall–Kier alpha value is -1.92. The minimum atomic E-state index is -0.426. The first-order valence-electron chi connectivity index (χ1n) is 6.35. The lowest BCUT2D eigenvalue weighted by atomic mass is 10.1. The van der Waals surface area contributed by atoms with Crippen LogP contribution in [-0.2, 0) is 13.2 Å². The molecule has 110 valence electrons. The fraction of sp³-hybridized carbons (Fsp3) is 0.200. The van der Waals surface area contributed by atoms with Gasteiger partial charge in [0.15, 0.2) is 0 Å². The Bertz CT molecular complexity index is 661. The van der Waals surface area contributed by atoms with Crippen LogP contribution in [0.25, 0.3) is 0 Å². The van der Waals surface area contributed by atoms with Crippen molar-refractivity contribution in [2.75, 3.05) is 11.9 Å². The number of hydrogen-bond donors (Lipinski definition) is 1. The third-order valence-electron chi connectivity index (χ3n) is 3.20. The summed E-state index contributed by atoms with van der Waals surface area (Å²) in [7, 11) is 1.81. The highest BCUT2D eigenvalue weighted by atomic mass is 79.9. The van der Waals surface area contributed by atoms with E-state index in [1.165, 1.54) is 6.07 Å². The van der Waals surface area contributed by atoms with Crippen molar-refractivity contribution in [3.63, 3.8) is 0 Å². The molecule has 0 aliphatic rings. The Balaban J connectivity index is 2.33. The van der Waals surface area contributed by atoms with E-state index < -0.39 is 4.92 Å². The molecule has 0 aliphatic heterocycles. The van der Waals surface area contributed by atoms with Gasteiger partial charge in [0.1, 0.15) is 5.69 Å². The van der Waals surface area contributed by atoms with E-state index in [0.717, 1.165) is 10.0 Å². The number of anilines is 1. The van der Waals surface area contributed by atoms with Crippen LogP contribution in [0.15, 0.2) is 46.9 Å². The minimum Gasteiger partial charge on any atom is -0.392 e. The Labute approximate surface area is 131 Å². The van der Waals surface area contributed by atoms with Gasteiger partial charge in [0.05, 0.1) is 11.5 Å². The number of rotatable bonds is 5. The molecule has 21 heavy (non-hydrogen) atoms. The molecule has 1 N–H and O–H groups in total. The van der Waals surface area contributed by atoms with Crippen LogP contribution in [0, 0.1) is 10.1 Å². The smallest absolute Gasteiger partial charge is 0.292 e. The summed E-state index contributed by atoms with van der Waals surface area (Å²) < 4.78 is 0.964. The second-order valence-electron chi connectivity index (χ2n) is 4.69. The topological polar surface area (TPSA) is 66.6 Å². The first-order chi connectivity index (χ1) is 10.0. The molecule has 2 aromatic rings. The third kappa shape index (κ3) is 3.59. The largest absolute Gasteiger partial charge is 0.392 e.